The van der Waals surface area contributed by atoms with Gasteiger partial charge in [-0.15, -0.1) is 0 Å². The second-order valence-electron chi connectivity index (χ2n) is 4.16. The van der Waals surface area contributed by atoms with Crippen LogP contribution in [0.1, 0.15) is 5.69 Å². The number of nitrogens with two attached hydrogens (primary N) is 1. The zero-order valence-electron chi connectivity index (χ0n) is 10.1. The molecule has 0 bridgehead atoms. The topological polar surface area (TPSA) is 64.3 Å². The van der Waals surface area contributed by atoms with Gasteiger partial charge in [0.2, 0.25) is 5.95 Å². The van der Waals surface area contributed by atoms with Crippen molar-refractivity contribution in [3.05, 3.63) is 36.0 Å². The van der Waals surface area contributed by atoms with Crippen LogP contribution in [0.15, 0.2) is 30.3 Å². The van der Waals surface area contributed by atoms with Gasteiger partial charge in [-0.25, -0.2) is 4.98 Å². The molecule has 5 nitrogen and oxygen atoms in total. The van der Waals surface area contributed by atoms with E-state index in [1.807, 2.05) is 37.3 Å². The molecule has 2 aromatic rings. The van der Waals surface area contributed by atoms with Crippen molar-refractivity contribution in [3.8, 4) is 5.75 Å². The molecule has 2 N–H and O–H groups in total. The van der Waals surface area contributed by atoms with Crippen LogP contribution < -0.4 is 15.4 Å². The first kappa shape index (κ1) is 10.8. The molecule has 0 unspecified atom stereocenters. The zero-order chi connectivity index (χ0) is 12.5. The maximum absolute atomic E-state index is 5.72. The van der Waals surface area contributed by atoms with Crippen LogP contribution in [-0.4, -0.2) is 23.1 Å². The van der Waals surface area contributed by atoms with E-state index in [4.69, 9.17) is 10.5 Å². The highest BCUT2D eigenvalue weighted by Crippen LogP contribution is 2.36. The van der Waals surface area contributed by atoms with Crippen LogP contribution in [0.4, 0.5) is 17.5 Å². The molecule has 0 spiro atoms. The number of nitrogens with zero attached hydrogens (tertiary/aromatic N) is 3. The standard InChI is InChI=1S/C13H14N4O/c1-9-11-12(16-13(14)15-9)17(7-8-18-11)10-5-3-2-4-6-10/h2-6H,7-8H2,1H3,(H2,14,15,16). The summed E-state index contributed by atoms with van der Waals surface area (Å²) < 4.78 is 5.64. The number of aromatic nitrogens is 2. The number of rotatable bonds is 1. The molecule has 1 aliphatic rings. The normalized spacial score (nSPS) is 13.9. The second kappa shape index (κ2) is 4.18. The van der Waals surface area contributed by atoms with Crippen LogP contribution in [0.2, 0.25) is 0 Å². The van der Waals surface area contributed by atoms with Gasteiger partial charge in [0.15, 0.2) is 11.6 Å². The molecule has 0 aliphatic carbocycles. The summed E-state index contributed by atoms with van der Waals surface area (Å²) in [5, 5.41) is 0. The van der Waals surface area contributed by atoms with E-state index in [9.17, 15) is 0 Å². The first-order valence-electron chi connectivity index (χ1n) is 5.85. The molecule has 0 amide bonds. The van der Waals surface area contributed by atoms with Gasteiger partial charge in [-0.05, 0) is 19.1 Å². The lowest BCUT2D eigenvalue weighted by molar-refractivity contribution is 0.308. The third-order valence-electron chi connectivity index (χ3n) is 2.92. The third-order valence-corrected chi connectivity index (χ3v) is 2.92. The average molecular weight is 242 g/mol. The summed E-state index contributed by atoms with van der Waals surface area (Å²) in [5.74, 6) is 1.74. The Labute approximate surface area is 105 Å². The molecule has 1 aliphatic heterocycles. The van der Waals surface area contributed by atoms with Crippen molar-refractivity contribution in [1.82, 2.24) is 9.97 Å². The summed E-state index contributed by atoms with van der Waals surface area (Å²) in [6.45, 7) is 3.26. The van der Waals surface area contributed by atoms with Crippen LogP contribution in [0.3, 0.4) is 0 Å². The first-order chi connectivity index (χ1) is 8.75. The summed E-state index contributed by atoms with van der Waals surface area (Å²) in [6.07, 6.45) is 0. The monoisotopic (exact) mass is 242 g/mol. The lowest BCUT2D eigenvalue weighted by Gasteiger charge is -2.30. The Morgan fingerprint density at radius 2 is 2.00 bits per heavy atom. The van der Waals surface area contributed by atoms with Crippen molar-refractivity contribution < 1.29 is 4.74 Å². The molecule has 3 rings (SSSR count). The fraction of sp³-hybridized carbons (Fsp3) is 0.231. The number of nitrogen functional groups attached to an aromatic ring is 1. The number of benzene rings is 1. The average Bonchev–Trinajstić information content (AvgIpc) is 2.39. The van der Waals surface area contributed by atoms with Crippen molar-refractivity contribution in [2.45, 2.75) is 6.92 Å². The molecule has 18 heavy (non-hydrogen) atoms. The molecule has 0 saturated heterocycles. The zero-order valence-corrected chi connectivity index (χ0v) is 10.1. The predicted octanol–water partition coefficient (Wildman–Crippen LogP) is 1.90. The van der Waals surface area contributed by atoms with Crippen LogP contribution in [-0.2, 0) is 0 Å². The fourth-order valence-electron chi connectivity index (χ4n) is 2.12. The largest absolute Gasteiger partial charge is 0.486 e. The van der Waals surface area contributed by atoms with E-state index in [1.165, 1.54) is 0 Å². The number of hydrogen-bond acceptors (Lipinski definition) is 5. The Morgan fingerprint density at radius 3 is 2.78 bits per heavy atom. The molecule has 92 valence electrons. The van der Waals surface area contributed by atoms with Crippen LogP contribution >= 0.6 is 0 Å². The minimum absolute atomic E-state index is 0.276. The van der Waals surface area contributed by atoms with Gasteiger partial charge < -0.3 is 15.4 Å². The fourth-order valence-corrected chi connectivity index (χ4v) is 2.12. The van der Waals surface area contributed by atoms with Crippen molar-refractivity contribution >= 4 is 17.5 Å². The first-order valence-corrected chi connectivity index (χ1v) is 5.85. The summed E-state index contributed by atoms with van der Waals surface area (Å²) >= 11 is 0. The van der Waals surface area contributed by atoms with Gasteiger partial charge in [-0.1, -0.05) is 18.2 Å². The highest BCUT2D eigenvalue weighted by molar-refractivity contribution is 5.68. The molecular formula is C13H14N4O. The predicted molar refractivity (Wildman–Crippen MR) is 70.1 cm³/mol. The summed E-state index contributed by atoms with van der Waals surface area (Å²) in [4.78, 5) is 10.5. The van der Waals surface area contributed by atoms with Crippen LogP contribution in [0.5, 0.6) is 5.75 Å². The highest BCUT2D eigenvalue weighted by Gasteiger charge is 2.23. The minimum atomic E-state index is 0.276. The van der Waals surface area contributed by atoms with E-state index >= 15 is 0 Å². The van der Waals surface area contributed by atoms with E-state index in [0.717, 1.165) is 29.5 Å². The summed E-state index contributed by atoms with van der Waals surface area (Å²) in [6, 6.07) is 10.1. The Kier molecular flexibility index (Phi) is 2.51. The summed E-state index contributed by atoms with van der Waals surface area (Å²) in [5.41, 5.74) is 7.58. The number of ether oxygens (including phenoxy) is 1. The third kappa shape index (κ3) is 1.73. The van der Waals surface area contributed by atoms with Gasteiger partial charge in [-0.2, -0.15) is 4.98 Å². The lowest BCUT2D eigenvalue weighted by Crippen LogP contribution is -2.30. The Hall–Kier alpha value is -2.30. The SMILES string of the molecule is Cc1nc(N)nc2c1OCCN2c1ccccc1. The smallest absolute Gasteiger partial charge is 0.222 e. The van der Waals surface area contributed by atoms with E-state index in [0.29, 0.717) is 6.61 Å². The Balaban J connectivity index is 2.12. The van der Waals surface area contributed by atoms with Crippen molar-refractivity contribution in [1.29, 1.82) is 0 Å². The maximum Gasteiger partial charge on any atom is 0.222 e. The number of hydrogen-bond donors (Lipinski definition) is 1. The number of para-hydroxylation sites is 1. The van der Waals surface area contributed by atoms with Crippen LogP contribution in [0, 0.1) is 6.92 Å². The van der Waals surface area contributed by atoms with Gasteiger partial charge in [0.25, 0.3) is 0 Å². The van der Waals surface area contributed by atoms with Crippen molar-refractivity contribution in [2.24, 2.45) is 0 Å². The van der Waals surface area contributed by atoms with E-state index in [1.54, 1.807) is 0 Å². The number of fused-ring (bicyclic) bond motifs is 1. The van der Waals surface area contributed by atoms with E-state index < -0.39 is 0 Å². The molecule has 1 aromatic carbocycles. The molecular weight excluding hydrogens is 228 g/mol. The second-order valence-corrected chi connectivity index (χ2v) is 4.16. The Bertz CT molecular complexity index is 571. The van der Waals surface area contributed by atoms with Gasteiger partial charge >= 0.3 is 0 Å². The van der Waals surface area contributed by atoms with E-state index in [-0.39, 0.29) is 5.95 Å². The van der Waals surface area contributed by atoms with Crippen molar-refractivity contribution in [2.75, 3.05) is 23.8 Å². The van der Waals surface area contributed by atoms with Crippen molar-refractivity contribution in [3.63, 3.8) is 0 Å². The summed E-state index contributed by atoms with van der Waals surface area (Å²) in [7, 11) is 0. The number of anilines is 3. The molecule has 0 radical (unpaired) electrons. The van der Waals surface area contributed by atoms with Gasteiger partial charge in [0, 0.05) is 5.69 Å². The molecule has 0 atom stereocenters. The minimum Gasteiger partial charge on any atom is -0.486 e. The molecule has 1 aromatic heterocycles. The lowest BCUT2D eigenvalue weighted by atomic mass is 10.2. The quantitative estimate of drug-likeness (QED) is 0.827. The number of aryl methyl sites for hydroxylation is 1. The molecule has 0 saturated carbocycles. The molecule has 0 fully saturated rings. The Morgan fingerprint density at radius 1 is 1.22 bits per heavy atom. The molecule has 5 heteroatoms. The maximum atomic E-state index is 5.72. The van der Waals surface area contributed by atoms with Crippen LogP contribution in [0.25, 0.3) is 0 Å². The van der Waals surface area contributed by atoms with Gasteiger partial charge in [0.05, 0.1) is 12.2 Å². The van der Waals surface area contributed by atoms with Gasteiger partial charge in [-0.3, -0.25) is 0 Å². The molecule has 2 heterocycles. The van der Waals surface area contributed by atoms with E-state index in [2.05, 4.69) is 14.9 Å². The van der Waals surface area contributed by atoms with Gasteiger partial charge in [0.1, 0.15) is 6.61 Å². The highest BCUT2D eigenvalue weighted by atomic mass is 16.5.